The zero-order valence-electron chi connectivity index (χ0n) is 10.6. The highest BCUT2D eigenvalue weighted by Gasteiger charge is 2.09. The molecule has 0 amide bonds. The fourth-order valence-electron chi connectivity index (χ4n) is 1.16. The lowest BCUT2D eigenvalue weighted by Gasteiger charge is -2.13. The van der Waals surface area contributed by atoms with Crippen LogP contribution in [0.25, 0.3) is 0 Å². The van der Waals surface area contributed by atoms with Crippen LogP contribution in [0.15, 0.2) is 6.33 Å². The second kappa shape index (κ2) is 7.21. The zero-order chi connectivity index (χ0) is 12.7. The third-order valence-electron chi connectivity index (χ3n) is 2.25. The Balaban J connectivity index is 2.65. The van der Waals surface area contributed by atoms with Gasteiger partial charge in [0.1, 0.15) is 12.0 Å². The molecule has 96 valence electrons. The van der Waals surface area contributed by atoms with Crippen LogP contribution in [-0.2, 0) is 0 Å². The van der Waals surface area contributed by atoms with Crippen LogP contribution in [0.4, 0.5) is 11.5 Å². The van der Waals surface area contributed by atoms with E-state index in [0.717, 1.165) is 13.0 Å². The van der Waals surface area contributed by atoms with Gasteiger partial charge in [0.15, 0.2) is 5.82 Å². The number of anilines is 2. The highest BCUT2D eigenvalue weighted by Crippen LogP contribution is 2.24. The van der Waals surface area contributed by atoms with E-state index in [9.17, 15) is 0 Å². The number of nitrogens with one attached hydrogen (secondary N) is 1. The Bertz CT molecular complexity index is 348. The molecule has 0 aliphatic heterocycles. The van der Waals surface area contributed by atoms with Gasteiger partial charge in [-0.1, -0.05) is 13.8 Å². The van der Waals surface area contributed by atoms with Crippen LogP contribution >= 0.6 is 11.8 Å². The lowest BCUT2D eigenvalue weighted by molar-refractivity contribution is 0.306. The number of hydrogen-bond donors (Lipinski definition) is 2. The number of nitrogens with two attached hydrogens (primary N) is 1. The standard InChI is InChI=1S/C11H20N4OS/c1-4-5-16-11-9(12)10(14-7-15-11)13-6-8(2)17-3/h7-8H,4-6,12H2,1-3H3,(H,13,14,15). The summed E-state index contributed by atoms with van der Waals surface area (Å²) in [7, 11) is 0. The molecule has 6 heteroatoms. The summed E-state index contributed by atoms with van der Waals surface area (Å²) < 4.78 is 5.44. The normalized spacial score (nSPS) is 12.2. The van der Waals surface area contributed by atoms with Crippen molar-refractivity contribution in [3.05, 3.63) is 6.33 Å². The van der Waals surface area contributed by atoms with Crippen molar-refractivity contribution in [1.29, 1.82) is 0 Å². The Labute approximate surface area is 107 Å². The number of ether oxygens (including phenoxy) is 1. The third-order valence-corrected chi connectivity index (χ3v) is 3.22. The van der Waals surface area contributed by atoms with Gasteiger partial charge in [-0.15, -0.1) is 0 Å². The SMILES string of the molecule is CCCOc1ncnc(NCC(C)SC)c1N. The highest BCUT2D eigenvalue weighted by molar-refractivity contribution is 7.99. The van der Waals surface area contributed by atoms with Crippen molar-refractivity contribution in [2.24, 2.45) is 0 Å². The van der Waals surface area contributed by atoms with Gasteiger partial charge in [-0.2, -0.15) is 16.7 Å². The van der Waals surface area contributed by atoms with E-state index in [0.29, 0.717) is 29.2 Å². The second-order valence-corrected chi connectivity index (χ2v) is 4.99. The van der Waals surface area contributed by atoms with Crippen molar-refractivity contribution in [1.82, 2.24) is 9.97 Å². The molecule has 1 aromatic heterocycles. The molecule has 0 radical (unpaired) electrons. The van der Waals surface area contributed by atoms with Gasteiger partial charge in [-0.25, -0.2) is 4.98 Å². The highest BCUT2D eigenvalue weighted by atomic mass is 32.2. The number of nitrogens with zero attached hydrogens (tertiary/aromatic N) is 2. The fraction of sp³-hybridized carbons (Fsp3) is 0.636. The molecule has 5 nitrogen and oxygen atoms in total. The van der Waals surface area contributed by atoms with E-state index in [1.807, 2.05) is 6.92 Å². The van der Waals surface area contributed by atoms with Crippen LogP contribution in [-0.4, -0.2) is 34.6 Å². The van der Waals surface area contributed by atoms with E-state index in [1.165, 1.54) is 6.33 Å². The molecule has 0 aliphatic rings. The summed E-state index contributed by atoms with van der Waals surface area (Å²) in [5.74, 6) is 1.10. The molecule has 0 saturated carbocycles. The van der Waals surface area contributed by atoms with Crippen molar-refractivity contribution in [3.8, 4) is 5.88 Å². The molecule has 0 spiro atoms. The summed E-state index contributed by atoms with van der Waals surface area (Å²) in [5, 5.41) is 3.71. The summed E-state index contributed by atoms with van der Waals surface area (Å²) in [5.41, 5.74) is 6.41. The van der Waals surface area contributed by atoms with E-state index >= 15 is 0 Å². The minimum atomic E-state index is 0.459. The van der Waals surface area contributed by atoms with E-state index in [-0.39, 0.29) is 0 Å². The smallest absolute Gasteiger partial charge is 0.242 e. The molecule has 1 heterocycles. The summed E-state index contributed by atoms with van der Waals surface area (Å²) >= 11 is 1.79. The first-order valence-corrected chi connectivity index (χ1v) is 6.97. The van der Waals surface area contributed by atoms with Crippen LogP contribution in [0.1, 0.15) is 20.3 Å². The molecular weight excluding hydrogens is 236 g/mol. The largest absolute Gasteiger partial charge is 0.476 e. The number of nitrogen functional groups attached to an aromatic ring is 1. The predicted molar refractivity (Wildman–Crippen MR) is 73.7 cm³/mol. The van der Waals surface area contributed by atoms with Gasteiger partial charge in [0.25, 0.3) is 0 Å². The summed E-state index contributed by atoms with van der Waals surface area (Å²) in [6, 6.07) is 0. The van der Waals surface area contributed by atoms with Crippen molar-refractivity contribution in [2.75, 3.05) is 30.5 Å². The Kier molecular flexibility index (Phi) is 5.90. The minimum Gasteiger partial charge on any atom is -0.476 e. The van der Waals surface area contributed by atoms with Gasteiger partial charge >= 0.3 is 0 Å². The molecule has 1 rings (SSSR count). The Morgan fingerprint density at radius 3 is 2.94 bits per heavy atom. The average Bonchev–Trinajstić information content (AvgIpc) is 2.35. The Hall–Kier alpha value is -1.17. The van der Waals surface area contributed by atoms with Crippen molar-refractivity contribution in [2.45, 2.75) is 25.5 Å². The topological polar surface area (TPSA) is 73.1 Å². The third kappa shape index (κ3) is 4.30. The van der Waals surface area contributed by atoms with Crippen LogP contribution in [0.2, 0.25) is 0 Å². The second-order valence-electron chi connectivity index (χ2n) is 3.72. The van der Waals surface area contributed by atoms with Crippen LogP contribution in [0.3, 0.4) is 0 Å². The van der Waals surface area contributed by atoms with Gasteiger partial charge in [-0.3, -0.25) is 0 Å². The van der Waals surface area contributed by atoms with Gasteiger partial charge in [-0.05, 0) is 12.7 Å². The van der Waals surface area contributed by atoms with Crippen LogP contribution in [0, 0.1) is 0 Å². The fourth-order valence-corrected chi connectivity index (χ4v) is 1.41. The Morgan fingerprint density at radius 1 is 1.53 bits per heavy atom. The molecule has 0 aromatic carbocycles. The van der Waals surface area contributed by atoms with Crippen molar-refractivity contribution in [3.63, 3.8) is 0 Å². The number of hydrogen-bond acceptors (Lipinski definition) is 6. The molecule has 0 bridgehead atoms. The summed E-state index contributed by atoms with van der Waals surface area (Å²) in [6.45, 7) is 5.61. The first-order valence-electron chi connectivity index (χ1n) is 5.69. The molecule has 1 unspecified atom stereocenters. The first-order chi connectivity index (χ1) is 8.19. The number of thioether (sulfide) groups is 1. The lowest BCUT2D eigenvalue weighted by Crippen LogP contribution is -2.15. The van der Waals surface area contributed by atoms with E-state index in [1.54, 1.807) is 11.8 Å². The van der Waals surface area contributed by atoms with Crippen molar-refractivity contribution >= 4 is 23.3 Å². The predicted octanol–water partition coefficient (Wildman–Crippen LogP) is 2.01. The minimum absolute atomic E-state index is 0.459. The molecule has 0 saturated heterocycles. The number of rotatable bonds is 7. The maximum absolute atomic E-state index is 5.93. The quantitative estimate of drug-likeness (QED) is 0.777. The van der Waals surface area contributed by atoms with Gasteiger partial charge < -0.3 is 15.8 Å². The average molecular weight is 256 g/mol. The molecule has 0 fully saturated rings. The summed E-state index contributed by atoms with van der Waals surface area (Å²) in [6.07, 6.45) is 4.47. The van der Waals surface area contributed by atoms with Crippen LogP contribution < -0.4 is 15.8 Å². The maximum atomic E-state index is 5.93. The summed E-state index contributed by atoms with van der Waals surface area (Å²) in [4.78, 5) is 8.14. The first kappa shape index (κ1) is 13.9. The molecule has 1 aromatic rings. The monoisotopic (exact) mass is 256 g/mol. The van der Waals surface area contributed by atoms with Crippen molar-refractivity contribution < 1.29 is 4.74 Å². The van der Waals surface area contributed by atoms with Gasteiger partial charge in [0, 0.05) is 11.8 Å². The van der Waals surface area contributed by atoms with Gasteiger partial charge in [0.2, 0.25) is 5.88 Å². The van der Waals surface area contributed by atoms with E-state index in [2.05, 4.69) is 28.5 Å². The molecule has 0 aliphatic carbocycles. The maximum Gasteiger partial charge on any atom is 0.242 e. The van der Waals surface area contributed by atoms with Crippen LogP contribution in [0.5, 0.6) is 5.88 Å². The zero-order valence-corrected chi connectivity index (χ0v) is 11.4. The van der Waals surface area contributed by atoms with Gasteiger partial charge in [0.05, 0.1) is 6.61 Å². The molecule has 17 heavy (non-hydrogen) atoms. The lowest BCUT2D eigenvalue weighted by atomic mass is 10.4. The molecule has 3 N–H and O–H groups in total. The molecular formula is C11H20N4OS. The number of aromatic nitrogens is 2. The molecule has 1 atom stereocenters. The van der Waals surface area contributed by atoms with E-state index < -0.39 is 0 Å². The van der Waals surface area contributed by atoms with E-state index in [4.69, 9.17) is 10.5 Å². The Morgan fingerprint density at radius 2 is 2.29 bits per heavy atom.